The van der Waals surface area contributed by atoms with Gasteiger partial charge in [0.2, 0.25) is 0 Å². The highest BCUT2D eigenvalue weighted by molar-refractivity contribution is 7.93. The molecule has 0 spiro atoms. The van der Waals surface area contributed by atoms with E-state index in [0.29, 0.717) is 16.3 Å². The highest BCUT2D eigenvalue weighted by atomic mass is 32.2. The van der Waals surface area contributed by atoms with Gasteiger partial charge in [-0.3, -0.25) is 4.72 Å². The third-order valence-electron chi connectivity index (χ3n) is 3.66. The lowest BCUT2D eigenvalue weighted by Crippen LogP contribution is -2.14. The van der Waals surface area contributed by atoms with Crippen molar-refractivity contribution in [3.05, 3.63) is 52.0 Å². The molecule has 0 radical (unpaired) electrons. The van der Waals surface area contributed by atoms with Crippen molar-refractivity contribution in [2.75, 3.05) is 4.72 Å². The molecule has 5 nitrogen and oxygen atoms in total. The number of hydrogen-bond donors (Lipinski definition) is 1. The zero-order valence-electron chi connectivity index (χ0n) is 13.9. The quantitative estimate of drug-likeness (QED) is 0.745. The number of rotatable bonds is 4. The van der Waals surface area contributed by atoms with Crippen LogP contribution >= 0.6 is 11.3 Å². The summed E-state index contributed by atoms with van der Waals surface area (Å²) in [5.41, 5.74) is 3.32. The monoisotopic (exact) mass is 362 g/mol. The molecule has 2 heterocycles. The summed E-state index contributed by atoms with van der Waals surface area (Å²) < 4.78 is 33.4. The topological polar surface area (TPSA) is 72.2 Å². The summed E-state index contributed by atoms with van der Waals surface area (Å²) in [5, 5.41) is 3.85. The summed E-state index contributed by atoms with van der Waals surface area (Å²) in [6.07, 6.45) is 0. The van der Waals surface area contributed by atoms with E-state index in [0.717, 1.165) is 21.7 Å². The molecule has 0 atom stereocenters. The van der Waals surface area contributed by atoms with Crippen LogP contribution in [0.15, 0.2) is 39.8 Å². The molecule has 3 aromatic rings. The first-order valence-corrected chi connectivity index (χ1v) is 9.70. The van der Waals surface area contributed by atoms with Crippen molar-refractivity contribution in [3.63, 3.8) is 0 Å². The Hall–Kier alpha value is -2.12. The van der Waals surface area contributed by atoms with Crippen molar-refractivity contribution in [3.8, 4) is 10.6 Å². The Morgan fingerprint density at radius 3 is 2.46 bits per heavy atom. The summed E-state index contributed by atoms with van der Waals surface area (Å²) in [7, 11) is -3.66. The first-order valence-electron chi connectivity index (χ1n) is 7.40. The molecule has 0 aliphatic carbocycles. The smallest absolute Gasteiger partial charge is 0.263 e. The van der Waals surface area contributed by atoms with Crippen LogP contribution in [0, 0.1) is 27.7 Å². The molecule has 0 fully saturated rings. The second-order valence-corrected chi connectivity index (χ2v) is 8.69. The SMILES string of the molecule is Cc1ccc(NS(=O)(=O)c2cc(-c3cc(C)no3)sc2C)c(C)c1. The predicted molar refractivity (Wildman–Crippen MR) is 96.0 cm³/mol. The molecular formula is C17H18N2O3S2. The zero-order chi connectivity index (χ0) is 17.5. The molecule has 126 valence electrons. The maximum atomic E-state index is 12.8. The molecule has 0 saturated heterocycles. The first-order chi connectivity index (χ1) is 11.3. The molecule has 3 rings (SSSR count). The van der Waals surface area contributed by atoms with Crippen molar-refractivity contribution in [2.24, 2.45) is 0 Å². The lowest BCUT2D eigenvalue weighted by atomic mass is 10.1. The van der Waals surface area contributed by atoms with Crippen LogP contribution in [0.2, 0.25) is 0 Å². The van der Waals surface area contributed by atoms with Crippen molar-refractivity contribution < 1.29 is 12.9 Å². The molecule has 1 aromatic carbocycles. The lowest BCUT2D eigenvalue weighted by Gasteiger charge is -2.10. The summed E-state index contributed by atoms with van der Waals surface area (Å²) in [6.45, 7) is 7.47. The molecule has 1 N–H and O–H groups in total. The van der Waals surface area contributed by atoms with Gasteiger partial charge in [0.1, 0.15) is 4.90 Å². The Bertz CT molecular complexity index is 1000. The van der Waals surface area contributed by atoms with Crippen LogP contribution in [0.3, 0.4) is 0 Å². The van der Waals surface area contributed by atoms with Crippen molar-refractivity contribution >= 4 is 27.0 Å². The molecule has 0 aliphatic heterocycles. The minimum absolute atomic E-state index is 0.261. The fraction of sp³-hybridized carbons (Fsp3) is 0.235. The number of aromatic nitrogens is 1. The largest absolute Gasteiger partial charge is 0.355 e. The van der Waals surface area contributed by atoms with Gasteiger partial charge in [0.25, 0.3) is 10.0 Å². The maximum Gasteiger partial charge on any atom is 0.263 e. The molecule has 7 heteroatoms. The number of sulfonamides is 1. The van der Waals surface area contributed by atoms with E-state index in [1.54, 1.807) is 25.1 Å². The number of anilines is 1. The van der Waals surface area contributed by atoms with Gasteiger partial charge in [-0.15, -0.1) is 11.3 Å². The van der Waals surface area contributed by atoms with Gasteiger partial charge in [0.05, 0.1) is 16.3 Å². The fourth-order valence-electron chi connectivity index (χ4n) is 2.46. The predicted octanol–water partition coefficient (Wildman–Crippen LogP) is 4.44. The number of aryl methyl sites for hydroxylation is 4. The van der Waals surface area contributed by atoms with E-state index in [4.69, 9.17) is 4.52 Å². The van der Waals surface area contributed by atoms with Gasteiger partial charge in [-0.05, 0) is 45.4 Å². The minimum Gasteiger partial charge on any atom is -0.355 e. The minimum atomic E-state index is -3.66. The molecule has 0 bridgehead atoms. The van der Waals surface area contributed by atoms with Crippen molar-refractivity contribution in [1.82, 2.24) is 5.16 Å². The second kappa shape index (κ2) is 6.07. The Kier molecular flexibility index (Phi) is 4.23. The number of thiophene rings is 1. The van der Waals surface area contributed by atoms with E-state index in [1.165, 1.54) is 11.3 Å². The van der Waals surface area contributed by atoms with Crippen LogP contribution in [0.4, 0.5) is 5.69 Å². The van der Waals surface area contributed by atoms with Crippen LogP contribution < -0.4 is 4.72 Å². The van der Waals surface area contributed by atoms with E-state index in [-0.39, 0.29) is 4.90 Å². The lowest BCUT2D eigenvalue weighted by molar-refractivity contribution is 0.428. The Balaban J connectivity index is 1.96. The van der Waals surface area contributed by atoms with E-state index >= 15 is 0 Å². The fourth-order valence-corrected chi connectivity index (χ4v) is 5.13. The summed E-state index contributed by atoms with van der Waals surface area (Å²) in [4.78, 5) is 1.71. The third-order valence-corrected chi connectivity index (χ3v) is 6.34. The molecule has 0 aliphatic rings. The molecule has 24 heavy (non-hydrogen) atoms. The Morgan fingerprint density at radius 1 is 1.08 bits per heavy atom. The van der Waals surface area contributed by atoms with Crippen LogP contribution in [-0.4, -0.2) is 13.6 Å². The first kappa shape index (κ1) is 16.7. The van der Waals surface area contributed by atoms with Crippen LogP contribution in [0.25, 0.3) is 10.6 Å². The number of nitrogens with zero attached hydrogens (tertiary/aromatic N) is 1. The third kappa shape index (κ3) is 3.22. The summed E-state index contributed by atoms with van der Waals surface area (Å²) >= 11 is 1.37. The highest BCUT2D eigenvalue weighted by Gasteiger charge is 2.22. The average Bonchev–Trinajstić information content (AvgIpc) is 3.08. The van der Waals surface area contributed by atoms with Gasteiger partial charge in [-0.1, -0.05) is 22.9 Å². The van der Waals surface area contributed by atoms with Crippen molar-refractivity contribution in [1.29, 1.82) is 0 Å². The highest BCUT2D eigenvalue weighted by Crippen LogP contribution is 2.34. The normalized spacial score (nSPS) is 11.7. The van der Waals surface area contributed by atoms with Gasteiger partial charge >= 0.3 is 0 Å². The number of benzene rings is 1. The van der Waals surface area contributed by atoms with E-state index < -0.39 is 10.0 Å². The molecular weight excluding hydrogens is 344 g/mol. The van der Waals surface area contributed by atoms with Gasteiger partial charge < -0.3 is 4.52 Å². The second-order valence-electron chi connectivity index (χ2n) is 5.79. The van der Waals surface area contributed by atoms with E-state index in [9.17, 15) is 8.42 Å². The van der Waals surface area contributed by atoms with Gasteiger partial charge in [0.15, 0.2) is 5.76 Å². The standard InChI is InChI=1S/C17H18N2O3S2/c1-10-5-6-14(11(2)7-10)19-24(20,21)17-9-16(23-13(17)4)15-8-12(3)18-22-15/h5-9,19H,1-4H3. The van der Waals surface area contributed by atoms with Crippen LogP contribution in [-0.2, 0) is 10.0 Å². The zero-order valence-corrected chi connectivity index (χ0v) is 15.5. The maximum absolute atomic E-state index is 12.8. The Labute approximate surface area is 145 Å². The van der Waals surface area contributed by atoms with Gasteiger partial charge in [-0.25, -0.2) is 8.42 Å². The van der Waals surface area contributed by atoms with Gasteiger partial charge in [-0.2, -0.15) is 0 Å². The average molecular weight is 362 g/mol. The molecule has 0 amide bonds. The number of hydrogen-bond acceptors (Lipinski definition) is 5. The molecule has 0 unspecified atom stereocenters. The van der Waals surface area contributed by atoms with E-state index in [2.05, 4.69) is 9.88 Å². The van der Waals surface area contributed by atoms with E-state index in [1.807, 2.05) is 32.9 Å². The number of nitrogens with one attached hydrogen (secondary N) is 1. The van der Waals surface area contributed by atoms with Crippen LogP contribution in [0.5, 0.6) is 0 Å². The van der Waals surface area contributed by atoms with Crippen molar-refractivity contribution in [2.45, 2.75) is 32.6 Å². The Morgan fingerprint density at radius 2 is 1.83 bits per heavy atom. The van der Waals surface area contributed by atoms with Gasteiger partial charge in [0, 0.05) is 10.9 Å². The summed E-state index contributed by atoms with van der Waals surface area (Å²) in [5.74, 6) is 0.577. The molecule has 0 saturated carbocycles. The molecule has 2 aromatic heterocycles. The summed E-state index contributed by atoms with van der Waals surface area (Å²) in [6, 6.07) is 9.03. The van der Waals surface area contributed by atoms with Crippen LogP contribution in [0.1, 0.15) is 21.7 Å².